The van der Waals surface area contributed by atoms with Crippen LogP contribution in [-0.2, 0) is 4.74 Å². The first-order chi connectivity index (χ1) is 12.1. The van der Waals surface area contributed by atoms with Gasteiger partial charge in [-0.1, -0.05) is 77.6 Å². The second-order valence-corrected chi connectivity index (χ2v) is 6.65. The number of halogens is 2. The highest BCUT2D eigenvalue weighted by molar-refractivity contribution is 5.89. The lowest BCUT2D eigenvalue weighted by Crippen LogP contribution is -2.09. The highest BCUT2D eigenvalue weighted by Gasteiger charge is 2.13. The van der Waals surface area contributed by atoms with E-state index in [4.69, 9.17) is 4.74 Å². The van der Waals surface area contributed by atoms with Crippen LogP contribution in [0.5, 0.6) is 0 Å². The van der Waals surface area contributed by atoms with Crippen LogP contribution in [0.4, 0.5) is 8.78 Å². The number of hydrogen-bond acceptors (Lipinski definition) is 2. The summed E-state index contributed by atoms with van der Waals surface area (Å²) in [6.07, 6.45) is 14.7. The highest BCUT2D eigenvalue weighted by atomic mass is 19.1. The second kappa shape index (κ2) is 13.8. The molecule has 0 saturated carbocycles. The molecule has 1 aromatic rings. The topological polar surface area (TPSA) is 26.3 Å². The van der Waals surface area contributed by atoms with Gasteiger partial charge < -0.3 is 4.74 Å². The smallest absolute Gasteiger partial charge is 0.341 e. The van der Waals surface area contributed by atoms with Gasteiger partial charge in [-0.2, -0.15) is 0 Å². The molecular formula is C21H32F2O2. The molecule has 0 heterocycles. The zero-order valence-electron chi connectivity index (χ0n) is 15.5. The van der Waals surface area contributed by atoms with E-state index in [1.54, 1.807) is 0 Å². The Morgan fingerprint density at radius 1 is 0.840 bits per heavy atom. The molecule has 0 unspecified atom stereocenters. The SMILES string of the molecule is CCCCCCCCCCCCCCOC(=O)c1cc(F)ccc1F. The summed E-state index contributed by atoms with van der Waals surface area (Å²) in [5.74, 6) is -2.18. The van der Waals surface area contributed by atoms with Crippen molar-refractivity contribution < 1.29 is 18.3 Å². The van der Waals surface area contributed by atoms with Gasteiger partial charge in [0.1, 0.15) is 11.6 Å². The van der Waals surface area contributed by atoms with Gasteiger partial charge in [-0.05, 0) is 24.6 Å². The fourth-order valence-corrected chi connectivity index (χ4v) is 2.84. The summed E-state index contributed by atoms with van der Waals surface area (Å²) in [7, 11) is 0. The molecule has 0 amide bonds. The maximum absolute atomic E-state index is 13.4. The summed E-state index contributed by atoms with van der Waals surface area (Å²) in [5.41, 5.74) is -0.334. The van der Waals surface area contributed by atoms with E-state index >= 15 is 0 Å². The number of ether oxygens (including phenoxy) is 1. The molecule has 0 spiro atoms. The Bertz CT molecular complexity index is 489. The lowest BCUT2D eigenvalue weighted by Gasteiger charge is -2.06. The molecule has 142 valence electrons. The minimum Gasteiger partial charge on any atom is -0.462 e. The minimum atomic E-state index is -0.792. The highest BCUT2D eigenvalue weighted by Crippen LogP contribution is 2.13. The molecule has 4 heteroatoms. The minimum absolute atomic E-state index is 0.256. The predicted molar refractivity (Wildman–Crippen MR) is 97.7 cm³/mol. The van der Waals surface area contributed by atoms with Crippen molar-refractivity contribution in [2.45, 2.75) is 84.0 Å². The Morgan fingerprint density at radius 2 is 1.36 bits per heavy atom. The van der Waals surface area contributed by atoms with Gasteiger partial charge in [-0.15, -0.1) is 0 Å². The van der Waals surface area contributed by atoms with Crippen molar-refractivity contribution in [1.82, 2.24) is 0 Å². The van der Waals surface area contributed by atoms with E-state index < -0.39 is 17.6 Å². The van der Waals surface area contributed by atoms with Crippen molar-refractivity contribution in [3.63, 3.8) is 0 Å². The Labute approximate surface area is 151 Å². The molecule has 0 N–H and O–H groups in total. The molecule has 1 rings (SSSR count). The van der Waals surface area contributed by atoms with Crippen LogP contribution in [0.3, 0.4) is 0 Å². The third-order valence-corrected chi connectivity index (χ3v) is 4.38. The van der Waals surface area contributed by atoms with Crippen molar-refractivity contribution in [3.05, 3.63) is 35.4 Å². The van der Waals surface area contributed by atoms with E-state index in [0.29, 0.717) is 0 Å². The number of hydrogen-bond donors (Lipinski definition) is 0. The van der Waals surface area contributed by atoms with E-state index in [1.807, 2.05) is 0 Å². The monoisotopic (exact) mass is 354 g/mol. The van der Waals surface area contributed by atoms with Gasteiger partial charge >= 0.3 is 5.97 Å². The molecule has 0 radical (unpaired) electrons. The van der Waals surface area contributed by atoms with Gasteiger partial charge in [0, 0.05) is 0 Å². The fourth-order valence-electron chi connectivity index (χ4n) is 2.84. The van der Waals surface area contributed by atoms with Gasteiger partial charge in [0.15, 0.2) is 0 Å². The quantitative estimate of drug-likeness (QED) is 0.270. The number of unbranched alkanes of at least 4 members (excludes halogenated alkanes) is 11. The molecule has 0 bridgehead atoms. The predicted octanol–water partition coefficient (Wildman–Crippen LogP) is 6.82. The van der Waals surface area contributed by atoms with Gasteiger partial charge in [0.05, 0.1) is 12.2 Å². The summed E-state index contributed by atoms with van der Waals surface area (Å²) in [6.45, 7) is 2.49. The Kier molecular flexibility index (Phi) is 11.9. The molecule has 0 aliphatic rings. The molecular weight excluding hydrogens is 322 g/mol. The third-order valence-electron chi connectivity index (χ3n) is 4.38. The Morgan fingerprint density at radius 3 is 1.92 bits per heavy atom. The van der Waals surface area contributed by atoms with Crippen LogP contribution in [0.2, 0.25) is 0 Å². The number of benzene rings is 1. The van der Waals surface area contributed by atoms with Crippen LogP contribution >= 0.6 is 0 Å². The first kappa shape index (κ1) is 21.6. The van der Waals surface area contributed by atoms with Crippen molar-refractivity contribution in [1.29, 1.82) is 0 Å². The van der Waals surface area contributed by atoms with Crippen molar-refractivity contribution in [2.24, 2.45) is 0 Å². The molecule has 0 saturated heterocycles. The summed E-state index contributed by atoms with van der Waals surface area (Å²) in [6, 6.07) is 2.80. The third kappa shape index (κ3) is 10.2. The lowest BCUT2D eigenvalue weighted by molar-refractivity contribution is 0.0491. The number of rotatable bonds is 14. The molecule has 1 aromatic carbocycles. The summed E-state index contributed by atoms with van der Waals surface area (Å²) in [4.78, 5) is 11.7. The average molecular weight is 354 g/mol. The van der Waals surface area contributed by atoms with Crippen LogP contribution < -0.4 is 0 Å². The van der Waals surface area contributed by atoms with Gasteiger partial charge in [-0.3, -0.25) is 0 Å². The molecule has 0 fully saturated rings. The van der Waals surface area contributed by atoms with E-state index in [-0.39, 0.29) is 12.2 Å². The summed E-state index contributed by atoms with van der Waals surface area (Å²) >= 11 is 0. The summed E-state index contributed by atoms with van der Waals surface area (Å²) < 4.78 is 31.5. The lowest BCUT2D eigenvalue weighted by atomic mass is 10.1. The largest absolute Gasteiger partial charge is 0.462 e. The zero-order chi connectivity index (χ0) is 18.3. The Hall–Kier alpha value is -1.45. The zero-order valence-corrected chi connectivity index (χ0v) is 15.5. The average Bonchev–Trinajstić information content (AvgIpc) is 2.61. The van der Waals surface area contributed by atoms with Crippen LogP contribution in [0.1, 0.15) is 94.3 Å². The standard InChI is InChI=1S/C21H32F2O2/c1-2-3-4-5-6-7-8-9-10-11-12-13-16-25-21(24)19-17-18(22)14-15-20(19)23/h14-15,17H,2-13,16H2,1H3. The van der Waals surface area contributed by atoms with Crippen LogP contribution in [0.15, 0.2) is 18.2 Å². The molecule has 0 aromatic heterocycles. The molecule has 0 atom stereocenters. The number of carbonyl (C=O) groups excluding carboxylic acids is 1. The van der Waals surface area contributed by atoms with Crippen molar-refractivity contribution >= 4 is 5.97 Å². The van der Waals surface area contributed by atoms with E-state index in [1.165, 1.54) is 57.8 Å². The molecule has 25 heavy (non-hydrogen) atoms. The molecule has 2 nitrogen and oxygen atoms in total. The van der Waals surface area contributed by atoms with E-state index in [2.05, 4.69) is 6.92 Å². The van der Waals surface area contributed by atoms with E-state index in [9.17, 15) is 13.6 Å². The van der Waals surface area contributed by atoms with E-state index in [0.717, 1.165) is 37.5 Å². The van der Waals surface area contributed by atoms with Crippen molar-refractivity contribution in [3.8, 4) is 0 Å². The molecule has 0 aliphatic heterocycles. The normalized spacial score (nSPS) is 10.8. The first-order valence-electron chi connectivity index (χ1n) is 9.77. The number of esters is 1. The van der Waals surface area contributed by atoms with Crippen LogP contribution in [0.25, 0.3) is 0 Å². The van der Waals surface area contributed by atoms with Gasteiger partial charge in [-0.25, -0.2) is 13.6 Å². The molecule has 0 aliphatic carbocycles. The maximum atomic E-state index is 13.4. The van der Waals surface area contributed by atoms with Crippen molar-refractivity contribution in [2.75, 3.05) is 6.61 Å². The fraction of sp³-hybridized carbons (Fsp3) is 0.667. The van der Waals surface area contributed by atoms with Gasteiger partial charge in [0.25, 0.3) is 0 Å². The first-order valence-corrected chi connectivity index (χ1v) is 9.77. The summed E-state index contributed by atoms with van der Waals surface area (Å²) in [5, 5.41) is 0. The Balaban J connectivity index is 1.95. The van der Waals surface area contributed by atoms with Crippen LogP contribution in [0, 0.1) is 11.6 Å². The number of carbonyl (C=O) groups is 1. The van der Waals surface area contributed by atoms with Crippen LogP contribution in [-0.4, -0.2) is 12.6 Å². The van der Waals surface area contributed by atoms with Gasteiger partial charge in [0.2, 0.25) is 0 Å². The second-order valence-electron chi connectivity index (χ2n) is 6.65. The maximum Gasteiger partial charge on any atom is 0.341 e.